The fourth-order valence-electron chi connectivity index (χ4n) is 2.66. The Hall–Kier alpha value is -1.09. The molecule has 1 aromatic heterocycles. The lowest BCUT2D eigenvalue weighted by molar-refractivity contribution is 0.0945. The van der Waals surface area contributed by atoms with E-state index in [4.69, 9.17) is 11.6 Å². The molecule has 18 heavy (non-hydrogen) atoms. The minimum absolute atomic E-state index is 0.156. The van der Waals surface area contributed by atoms with Crippen LogP contribution >= 0.6 is 11.6 Å². The summed E-state index contributed by atoms with van der Waals surface area (Å²) in [5.41, 5.74) is 0.933. The van der Waals surface area contributed by atoms with E-state index in [1.165, 1.54) is 0 Å². The molecule has 4 heteroatoms. The van der Waals surface area contributed by atoms with Gasteiger partial charge in [0.15, 0.2) is 0 Å². The topological polar surface area (TPSA) is 42.0 Å². The third-order valence-electron chi connectivity index (χ3n) is 4.73. The Balaban J connectivity index is 1.95. The molecule has 0 unspecified atom stereocenters. The number of aromatic nitrogens is 1. The monoisotopic (exact) mass is 266 g/mol. The number of hydrogen-bond acceptors (Lipinski definition) is 2. The summed E-state index contributed by atoms with van der Waals surface area (Å²) in [4.78, 5) is 15.9. The lowest BCUT2D eigenvalue weighted by atomic mass is 10.0. The summed E-state index contributed by atoms with van der Waals surface area (Å²) >= 11 is 5.76. The van der Waals surface area contributed by atoms with Crippen molar-refractivity contribution >= 4 is 17.5 Å². The summed E-state index contributed by atoms with van der Waals surface area (Å²) < 4.78 is 0. The number of amides is 1. The van der Waals surface area contributed by atoms with E-state index in [2.05, 4.69) is 38.0 Å². The lowest BCUT2D eigenvalue weighted by Gasteiger charge is -2.06. The van der Waals surface area contributed by atoms with Gasteiger partial charge in [-0.1, -0.05) is 45.4 Å². The molecule has 0 spiro atoms. The van der Waals surface area contributed by atoms with Crippen molar-refractivity contribution in [2.24, 2.45) is 16.7 Å². The van der Waals surface area contributed by atoms with Crippen molar-refractivity contribution in [3.05, 3.63) is 29.0 Å². The van der Waals surface area contributed by atoms with Crippen molar-refractivity contribution in [3.8, 4) is 0 Å². The van der Waals surface area contributed by atoms with Gasteiger partial charge in [-0.2, -0.15) is 0 Å². The molecular weight excluding hydrogens is 248 g/mol. The largest absolute Gasteiger partial charge is 0.350 e. The van der Waals surface area contributed by atoms with Crippen LogP contribution in [0, 0.1) is 16.7 Å². The van der Waals surface area contributed by atoms with E-state index in [0.29, 0.717) is 23.3 Å². The average molecular weight is 267 g/mol. The molecule has 0 aromatic carbocycles. The van der Waals surface area contributed by atoms with Crippen LogP contribution in [0.2, 0.25) is 5.15 Å². The van der Waals surface area contributed by atoms with Crippen molar-refractivity contribution in [1.82, 2.24) is 10.3 Å². The second kappa shape index (κ2) is 4.23. The average Bonchev–Trinajstić information content (AvgIpc) is 2.66. The Morgan fingerprint density at radius 2 is 1.94 bits per heavy atom. The van der Waals surface area contributed by atoms with Crippen molar-refractivity contribution in [1.29, 1.82) is 0 Å². The normalized spacial score (nSPS) is 20.5. The van der Waals surface area contributed by atoms with Gasteiger partial charge in [0.2, 0.25) is 0 Å². The van der Waals surface area contributed by atoms with Crippen LogP contribution in [0.25, 0.3) is 0 Å². The van der Waals surface area contributed by atoms with Crippen LogP contribution in [-0.2, 0) is 0 Å². The van der Waals surface area contributed by atoms with Gasteiger partial charge in [-0.25, -0.2) is 4.98 Å². The van der Waals surface area contributed by atoms with Gasteiger partial charge in [-0.05, 0) is 28.9 Å². The van der Waals surface area contributed by atoms with Crippen LogP contribution in [-0.4, -0.2) is 17.4 Å². The van der Waals surface area contributed by atoms with Crippen LogP contribution in [0.3, 0.4) is 0 Å². The lowest BCUT2D eigenvalue weighted by Crippen LogP contribution is -2.27. The molecule has 3 nitrogen and oxygen atoms in total. The minimum atomic E-state index is -0.156. The van der Waals surface area contributed by atoms with Gasteiger partial charge in [0.25, 0.3) is 5.91 Å². The van der Waals surface area contributed by atoms with E-state index >= 15 is 0 Å². The van der Waals surface area contributed by atoms with Gasteiger partial charge in [0, 0.05) is 6.54 Å². The molecular formula is C14H19ClN2O. The molecule has 0 atom stereocenters. The van der Waals surface area contributed by atoms with E-state index < -0.39 is 0 Å². The number of halogens is 1. The highest BCUT2D eigenvalue weighted by Gasteiger charge is 2.64. The Morgan fingerprint density at radius 3 is 2.44 bits per heavy atom. The molecule has 1 saturated carbocycles. The van der Waals surface area contributed by atoms with Crippen LogP contribution in [0.1, 0.15) is 38.2 Å². The molecule has 1 aromatic rings. The van der Waals surface area contributed by atoms with Gasteiger partial charge in [-0.15, -0.1) is 0 Å². The zero-order valence-corrected chi connectivity index (χ0v) is 12.0. The van der Waals surface area contributed by atoms with Gasteiger partial charge in [-0.3, -0.25) is 4.79 Å². The number of carbonyl (C=O) groups is 1. The fourth-order valence-corrected chi connectivity index (χ4v) is 2.83. The summed E-state index contributed by atoms with van der Waals surface area (Å²) in [7, 11) is 0. The van der Waals surface area contributed by atoms with Crippen LogP contribution in [0.4, 0.5) is 0 Å². The predicted molar refractivity (Wildman–Crippen MR) is 72.6 cm³/mol. The van der Waals surface area contributed by atoms with E-state index in [1.54, 1.807) is 18.2 Å². The van der Waals surface area contributed by atoms with Crippen LogP contribution in [0.5, 0.6) is 0 Å². The van der Waals surface area contributed by atoms with Crippen molar-refractivity contribution in [2.75, 3.05) is 6.54 Å². The standard InChI is InChI=1S/C14H19ClN2O/c1-13(2)10(14(13,3)4)8-16-12(18)9-6-5-7-11(15)17-9/h5-7,10H,8H2,1-4H3,(H,16,18). The first-order valence-electron chi connectivity index (χ1n) is 6.17. The summed E-state index contributed by atoms with van der Waals surface area (Å²) in [5.74, 6) is 0.351. The molecule has 98 valence electrons. The second-order valence-corrected chi connectivity index (χ2v) is 6.44. The van der Waals surface area contributed by atoms with Gasteiger partial charge in [0.1, 0.15) is 10.8 Å². The number of carbonyl (C=O) groups excluding carboxylic acids is 1. The van der Waals surface area contributed by atoms with E-state index in [1.807, 2.05) is 0 Å². The predicted octanol–water partition coefficient (Wildman–Crippen LogP) is 3.15. The summed E-state index contributed by atoms with van der Waals surface area (Å²) in [6.45, 7) is 9.64. The zero-order chi connectivity index (χ0) is 13.6. The molecule has 2 rings (SSSR count). The maximum absolute atomic E-state index is 11.9. The first-order chi connectivity index (χ1) is 8.26. The highest BCUT2D eigenvalue weighted by atomic mass is 35.5. The molecule has 1 N–H and O–H groups in total. The molecule has 0 bridgehead atoms. The molecule has 0 radical (unpaired) electrons. The first kappa shape index (κ1) is 13.3. The molecule has 1 aliphatic carbocycles. The summed E-state index contributed by atoms with van der Waals surface area (Å²) in [6, 6.07) is 5.06. The molecule has 1 heterocycles. The Morgan fingerprint density at radius 1 is 1.33 bits per heavy atom. The Kier molecular flexibility index (Phi) is 3.14. The number of nitrogens with zero attached hydrogens (tertiary/aromatic N) is 1. The number of pyridine rings is 1. The fraction of sp³-hybridized carbons (Fsp3) is 0.571. The maximum Gasteiger partial charge on any atom is 0.269 e. The van der Waals surface area contributed by atoms with E-state index in [-0.39, 0.29) is 16.7 Å². The molecule has 1 amide bonds. The van der Waals surface area contributed by atoms with Gasteiger partial charge < -0.3 is 5.32 Å². The van der Waals surface area contributed by atoms with Crippen LogP contribution in [0.15, 0.2) is 18.2 Å². The SMILES string of the molecule is CC1(C)C(CNC(=O)c2cccc(Cl)n2)C1(C)C. The molecule has 1 aliphatic rings. The molecule has 1 fully saturated rings. The number of hydrogen-bond donors (Lipinski definition) is 1. The second-order valence-electron chi connectivity index (χ2n) is 6.05. The van der Waals surface area contributed by atoms with Crippen molar-refractivity contribution < 1.29 is 4.79 Å². The maximum atomic E-state index is 11.9. The van der Waals surface area contributed by atoms with Crippen molar-refractivity contribution in [3.63, 3.8) is 0 Å². The molecule has 0 saturated heterocycles. The van der Waals surface area contributed by atoms with E-state index in [0.717, 1.165) is 0 Å². The first-order valence-corrected chi connectivity index (χ1v) is 6.55. The van der Waals surface area contributed by atoms with Crippen LogP contribution < -0.4 is 5.32 Å². The highest BCUT2D eigenvalue weighted by molar-refractivity contribution is 6.29. The smallest absolute Gasteiger partial charge is 0.269 e. The number of rotatable bonds is 3. The molecule has 0 aliphatic heterocycles. The quantitative estimate of drug-likeness (QED) is 0.854. The van der Waals surface area contributed by atoms with E-state index in [9.17, 15) is 4.79 Å². The summed E-state index contributed by atoms with van der Waals surface area (Å²) in [5, 5.41) is 3.28. The van der Waals surface area contributed by atoms with Gasteiger partial charge in [0.05, 0.1) is 0 Å². The Bertz CT molecular complexity index is 468. The van der Waals surface area contributed by atoms with Crippen molar-refractivity contribution in [2.45, 2.75) is 27.7 Å². The Labute approximate surface area is 113 Å². The zero-order valence-electron chi connectivity index (χ0n) is 11.2. The summed E-state index contributed by atoms with van der Waals surface area (Å²) in [6.07, 6.45) is 0. The third-order valence-corrected chi connectivity index (χ3v) is 4.94. The number of nitrogens with one attached hydrogen (secondary N) is 1. The van der Waals surface area contributed by atoms with Gasteiger partial charge >= 0.3 is 0 Å². The highest BCUT2D eigenvalue weighted by Crippen LogP contribution is 2.67. The minimum Gasteiger partial charge on any atom is -0.350 e. The third kappa shape index (κ3) is 2.12.